The SMILES string of the molecule is COc1ccc(Nc2cnn(C34C[C@H]5C[C@@H](CC(C(=O)O)(C5)C3)C4)c(=O)c2Cl)cc1OC. The maximum absolute atomic E-state index is 13.3. The number of aliphatic carboxylic acids is 1. The number of anilines is 2. The van der Waals surface area contributed by atoms with Crippen LogP contribution in [0.5, 0.6) is 11.5 Å². The Morgan fingerprint density at radius 2 is 1.88 bits per heavy atom. The molecule has 1 aromatic carbocycles. The van der Waals surface area contributed by atoms with Crippen molar-refractivity contribution in [1.82, 2.24) is 9.78 Å². The number of nitrogens with one attached hydrogen (secondary N) is 1. The number of hydrogen-bond acceptors (Lipinski definition) is 6. The standard InChI is InChI=1S/C23H26ClN3O5/c1-31-17-4-3-15(6-18(17)32-2)26-16-11-25-27(20(28)19(16)24)23-9-13-5-14(10-23)8-22(7-13,12-23)21(29)30/h3-4,6,11,13-14,26H,5,7-10,12H2,1-2H3,(H,29,30)/t13-,14-,22?,23?/m0/s1. The van der Waals surface area contributed by atoms with Crippen LogP contribution in [0, 0.1) is 17.3 Å². The van der Waals surface area contributed by atoms with Gasteiger partial charge in [-0.15, -0.1) is 0 Å². The number of rotatable bonds is 6. The van der Waals surface area contributed by atoms with Gasteiger partial charge in [-0.05, 0) is 62.5 Å². The zero-order valence-electron chi connectivity index (χ0n) is 18.1. The van der Waals surface area contributed by atoms with Crippen molar-refractivity contribution in [1.29, 1.82) is 0 Å². The minimum atomic E-state index is -0.756. The van der Waals surface area contributed by atoms with Gasteiger partial charge in [-0.1, -0.05) is 11.6 Å². The zero-order chi connectivity index (χ0) is 22.7. The van der Waals surface area contributed by atoms with E-state index in [9.17, 15) is 14.7 Å². The molecule has 9 heteroatoms. The number of carboxylic acids is 1. The second-order valence-corrected chi connectivity index (χ2v) is 9.93. The molecule has 4 aliphatic carbocycles. The molecule has 0 spiro atoms. The Balaban J connectivity index is 1.49. The van der Waals surface area contributed by atoms with Gasteiger partial charge in [0, 0.05) is 11.8 Å². The lowest BCUT2D eigenvalue weighted by atomic mass is 9.47. The van der Waals surface area contributed by atoms with Crippen molar-refractivity contribution in [3.63, 3.8) is 0 Å². The minimum Gasteiger partial charge on any atom is -0.493 e. The van der Waals surface area contributed by atoms with Gasteiger partial charge < -0.3 is 19.9 Å². The number of benzene rings is 1. The highest BCUT2D eigenvalue weighted by atomic mass is 35.5. The maximum atomic E-state index is 13.3. The molecule has 0 saturated heterocycles. The number of carbonyl (C=O) groups is 1. The smallest absolute Gasteiger partial charge is 0.309 e. The number of ether oxygens (including phenoxy) is 2. The van der Waals surface area contributed by atoms with Crippen LogP contribution >= 0.6 is 11.6 Å². The Bertz CT molecular complexity index is 1130. The molecule has 6 rings (SSSR count). The van der Waals surface area contributed by atoms with Gasteiger partial charge in [0.25, 0.3) is 5.56 Å². The molecule has 0 unspecified atom stereocenters. The van der Waals surface area contributed by atoms with Crippen LogP contribution in [0.25, 0.3) is 0 Å². The topological polar surface area (TPSA) is 103 Å². The first-order chi connectivity index (χ1) is 15.3. The first-order valence-corrected chi connectivity index (χ1v) is 11.2. The molecule has 1 aromatic heterocycles. The van der Waals surface area contributed by atoms with Crippen LogP contribution in [0.15, 0.2) is 29.2 Å². The minimum absolute atomic E-state index is 0.0369. The Morgan fingerprint density at radius 3 is 2.50 bits per heavy atom. The lowest BCUT2D eigenvalue weighted by Crippen LogP contribution is -2.61. The fourth-order valence-electron chi connectivity index (χ4n) is 6.64. The monoisotopic (exact) mass is 459 g/mol. The summed E-state index contributed by atoms with van der Waals surface area (Å²) in [4.78, 5) is 25.5. The van der Waals surface area contributed by atoms with Gasteiger partial charge in [0.1, 0.15) is 5.02 Å². The second-order valence-electron chi connectivity index (χ2n) is 9.55. The molecule has 2 atom stereocenters. The molecule has 4 aliphatic rings. The van der Waals surface area contributed by atoms with Gasteiger partial charge in [-0.25, -0.2) is 4.68 Å². The molecule has 0 radical (unpaired) electrons. The highest BCUT2D eigenvalue weighted by molar-refractivity contribution is 6.33. The fraction of sp³-hybridized carbons (Fsp3) is 0.522. The molecule has 32 heavy (non-hydrogen) atoms. The van der Waals surface area contributed by atoms with Crippen LogP contribution in [0.4, 0.5) is 11.4 Å². The molecule has 4 fully saturated rings. The number of carboxylic acid groups (broad SMARTS) is 1. The summed E-state index contributed by atoms with van der Waals surface area (Å²) < 4.78 is 12.1. The van der Waals surface area contributed by atoms with E-state index < -0.39 is 16.9 Å². The summed E-state index contributed by atoms with van der Waals surface area (Å²) in [7, 11) is 3.11. The number of methoxy groups -OCH3 is 2. The van der Waals surface area contributed by atoms with E-state index in [0.29, 0.717) is 54.0 Å². The largest absolute Gasteiger partial charge is 0.493 e. The summed E-state index contributed by atoms with van der Waals surface area (Å²) in [5.74, 6) is 1.00. The highest BCUT2D eigenvalue weighted by Gasteiger charge is 2.62. The molecular weight excluding hydrogens is 434 g/mol. The summed E-state index contributed by atoms with van der Waals surface area (Å²) in [6, 6.07) is 5.29. The molecule has 4 saturated carbocycles. The van der Waals surface area contributed by atoms with E-state index in [1.165, 1.54) is 4.68 Å². The lowest BCUT2D eigenvalue weighted by Gasteiger charge is -2.60. The molecule has 8 nitrogen and oxygen atoms in total. The predicted octanol–water partition coefficient (Wildman–Crippen LogP) is 4.04. The van der Waals surface area contributed by atoms with E-state index in [4.69, 9.17) is 21.1 Å². The van der Waals surface area contributed by atoms with Gasteiger partial charge in [0.15, 0.2) is 11.5 Å². The third-order valence-corrected chi connectivity index (χ3v) is 7.88. The van der Waals surface area contributed by atoms with Crippen molar-refractivity contribution in [2.75, 3.05) is 19.5 Å². The Labute approximate surface area is 190 Å². The first kappa shape index (κ1) is 21.1. The fourth-order valence-corrected chi connectivity index (χ4v) is 6.82. The van der Waals surface area contributed by atoms with Crippen LogP contribution in [0.1, 0.15) is 38.5 Å². The Kier molecular flexibility index (Phi) is 4.89. The van der Waals surface area contributed by atoms with E-state index in [0.717, 1.165) is 19.3 Å². The Hall–Kier alpha value is -2.74. The zero-order valence-corrected chi connectivity index (χ0v) is 18.8. The van der Waals surface area contributed by atoms with Crippen LogP contribution < -0.4 is 20.3 Å². The first-order valence-electron chi connectivity index (χ1n) is 10.8. The molecule has 1 heterocycles. The van der Waals surface area contributed by atoms with Crippen molar-refractivity contribution in [3.8, 4) is 11.5 Å². The molecule has 2 aromatic rings. The molecular formula is C23H26ClN3O5. The van der Waals surface area contributed by atoms with Crippen molar-refractivity contribution in [3.05, 3.63) is 39.8 Å². The van der Waals surface area contributed by atoms with E-state index in [-0.39, 0.29) is 10.6 Å². The summed E-state index contributed by atoms with van der Waals surface area (Å²) in [5, 5.41) is 17.7. The van der Waals surface area contributed by atoms with Gasteiger partial charge in [0.2, 0.25) is 0 Å². The third kappa shape index (κ3) is 3.15. The molecule has 4 bridgehead atoms. The summed E-state index contributed by atoms with van der Waals surface area (Å²) in [6.07, 6.45) is 5.98. The normalized spacial score (nSPS) is 30.2. The number of nitrogens with zero attached hydrogens (tertiary/aromatic N) is 2. The summed E-state index contributed by atoms with van der Waals surface area (Å²) in [5.41, 5.74) is -0.667. The van der Waals surface area contributed by atoms with Crippen molar-refractivity contribution >= 4 is 28.9 Å². The van der Waals surface area contributed by atoms with Gasteiger partial charge >= 0.3 is 5.97 Å². The maximum Gasteiger partial charge on any atom is 0.309 e. The van der Waals surface area contributed by atoms with E-state index in [1.807, 2.05) is 0 Å². The van der Waals surface area contributed by atoms with Crippen molar-refractivity contribution < 1.29 is 19.4 Å². The quantitative estimate of drug-likeness (QED) is 0.672. The third-order valence-electron chi connectivity index (χ3n) is 7.51. The van der Waals surface area contributed by atoms with Crippen molar-refractivity contribution in [2.24, 2.45) is 17.3 Å². The second kappa shape index (κ2) is 7.40. The van der Waals surface area contributed by atoms with Crippen LogP contribution in [0.2, 0.25) is 5.02 Å². The average Bonchev–Trinajstić information content (AvgIpc) is 2.75. The summed E-state index contributed by atoms with van der Waals surface area (Å²) in [6.45, 7) is 0. The lowest BCUT2D eigenvalue weighted by molar-refractivity contribution is -0.173. The van der Waals surface area contributed by atoms with Gasteiger partial charge in [-0.3, -0.25) is 9.59 Å². The number of aromatic nitrogens is 2. The number of hydrogen-bond donors (Lipinski definition) is 2. The van der Waals surface area contributed by atoms with Gasteiger partial charge in [-0.2, -0.15) is 5.10 Å². The molecule has 2 N–H and O–H groups in total. The molecule has 0 aliphatic heterocycles. The van der Waals surface area contributed by atoms with E-state index >= 15 is 0 Å². The van der Waals surface area contributed by atoms with Crippen LogP contribution in [-0.2, 0) is 10.3 Å². The molecule has 170 valence electrons. The van der Waals surface area contributed by atoms with E-state index in [2.05, 4.69) is 10.4 Å². The van der Waals surface area contributed by atoms with Crippen LogP contribution in [-0.4, -0.2) is 35.1 Å². The highest BCUT2D eigenvalue weighted by Crippen LogP contribution is 2.63. The van der Waals surface area contributed by atoms with E-state index in [1.54, 1.807) is 38.6 Å². The Morgan fingerprint density at radius 1 is 1.19 bits per heavy atom. The van der Waals surface area contributed by atoms with Crippen molar-refractivity contribution in [2.45, 2.75) is 44.1 Å². The van der Waals surface area contributed by atoms with Crippen LogP contribution in [0.3, 0.4) is 0 Å². The summed E-state index contributed by atoms with van der Waals surface area (Å²) >= 11 is 6.51. The average molecular weight is 460 g/mol. The number of halogens is 1. The molecule has 0 amide bonds. The predicted molar refractivity (Wildman–Crippen MR) is 119 cm³/mol. The van der Waals surface area contributed by atoms with Gasteiger partial charge in [0.05, 0.1) is 37.1 Å².